The number of ketones is 1. The van der Waals surface area contributed by atoms with Crippen LogP contribution < -0.4 is 4.72 Å². The SMILES string of the molecule is CCCCC(=O)[C@H](CCCC)NS(=O)(=O)c1c(C)cc(C)cc1C. The number of unbranched alkanes of at least 4 members (excludes halogenated alkanes) is 2. The van der Waals surface area contributed by atoms with Crippen LogP contribution in [0.4, 0.5) is 0 Å². The van der Waals surface area contributed by atoms with Crippen molar-refractivity contribution in [3.8, 4) is 0 Å². The lowest BCUT2D eigenvalue weighted by molar-refractivity contribution is -0.120. The van der Waals surface area contributed by atoms with E-state index in [0.717, 1.165) is 42.4 Å². The van der Waals surface area contributed by atoms with Gasteiger partial charge in [0.15, 0.2) is 5.78 Å². The Bertz CT molecular complexity index is 642. The van der Waals surface area contributed by atoms with Crippen LogP contribution >= 0.6 is 0 Å². The molecule has 0 amide bonds. The zero-order valence-electron chi connectivity index (χ0n) is 15.6. The molecular weight excluding hydrogens is 322 g/mol. The van der Waals surface area contributed by atoms with Crippen LogP contribution in [0, 0.1) is 20.8 Å². The van der Waals surface area contributed by atoms with Crippen molar-refractivity contribution in [3.63, 3.8) is 0 Å². The number of nitrogens with one attached hydrogen (secondary N) is 1. The first-order chi connectivity index (χ1) is 11.2. The van der Waals surface area contributed by atoms with Gasteiger partial charge in [0, 0.05) is 6.42 Å². The Labute approximate surface area is 147 Å². The van der Waals surface area contributed by atoms with Crippen molar-refractivity contribution in [1.29, 1.82) is 0 Å². The Balaban J connectivity index is 3.09. The van der Waals surface area contributed by atoms with Crippen molar-refractivity contribution in [2.45, 2.75) is 84.1 Å². The Hall–Kier alpha value is -1.20. The van der Waals surface area contributed by atoms with Gasteiger partial charge in [0.1, 0.15) is 0 Å². The first-order valence-corrected chi connectivity index (χ1v) is 10.3. The average molecular weight is 354 g/mol. The summed E-state index contributed by atoms with van der Waals surface area (Å²) >= 11 is 0. The highest BCUT2D eigenvalue weighted by molar-refractivity contribution is 7.89. The molecule has 0 aliphatic carbocycles. The van der Waals surface area contributed by atoms with Crippen molar-refractivity contribution < 1.29 is 13.2 Å². The predicted octanol–water partition coefficient (Wildman–Crippen LogP) is 4.21. The molecule has 0 radical (unpaired) electrons. The fourth-order valence-electron chi connectivity index (χ4n) is 3.06. The lowest BCUT2D eigenvalue weighted by Gasteiger charge is -2.20. The van der Waals surface area contributed by atoms with E-state index < -0.39 is 16.1 Å². The van der Waals surface area contributed by atoms with Crippen molar-refractivity contribution >= 4 is 15.8 Å². The highest BCUT2D eigenvalue weighted by atomic mass is 32.2. The van der Waals surface area contributed by atoms with Crippen LogP contribution in [0.25, 0.3) is 0 Å². The summed E-state index contributed by atoms with van der Waals surface area (Å²) in [5.41, 5.74) is 2.47. The summed E-state index contributed by atoms with van der Waals surface area (Å²) in [6, 6.07) is 3.10. The highest BCUT2D eigenvalue weighted by Gasteiger charge is 2.27. The van der Waals surface area contributed by atoms with E-state index in [4.69, 9.17) is 0 Å². The first kappa shape index (κ1) is 20.8. The van der Waals surface area contributed by atoms with Gasteiger partial charge in [-0.25, -0.2) is 13.1 Å². The third kappa shape index (κ3) is 5.71. The van der Waals surface area contributed by atoms with Crippen molar-refractivity contribution in [1.82, 2.24) is 4.72 Å². The Morgan fingerprint density at radius 2 is 1.58 bits per heavy atom. The molecule has 1 rings (SSSR count). The van der Waals surface area contributed by atoms with Crippen molar-refractivity contribution in [2.75, 3.05) is 0 Å². The van der Waals surface area contributed by atoms with Crippen LogP contribution in [0.2, 0.25) is 0 Å². The molecule has 5 heteroatoms. The molecule has 0 bridgehead atoms. The smallest absolute Gasteiger partial charge is 0.241 e. The molecule has 0 aliphatic heterocycles. The number of hydrogen-bond acceptors (Lipinski definition) is 3. The minimum absolute atomic E-state index is 0.00343. The summed E-state index contributed by atoms with van der Waals surface area (Å²) in [5, 5.41) is 0. The molecule has 4 nitrogen and oxygen atoms in total. The molecule has 1 aromatic rings. The number of hydrogen-bond donors (Lipinski definition) is 1. The van der Waals surface area contributed by atoms with E-state index >= 15 is 0 Å². The van der Waals surface area contributed by atoms with E-state index in [0.29, 0.717) is 17.7 Å². The third-order valence-electron chi connectivity index (χ3n) is 4.18. The lowest BCUT2D eigenvalue weighted by atomic mass is 10.0. The van der Waals surface area contributed by atoms with Gasteiger partial charge in [0.2, 0.25) is 10.0 Å². The number of sulfonamides is 1. The number of aryl methyl sites for hydroxylation is 3. The Morgan fingerprint density at radius 3 is 2.08 bits per heavy atom. The van der Waals surface area contributed by atoms with E-state index in [2.05, 4.69) is 4.72 Å². The molecule has 1 atom stereocenters. The average Bonchev–Trinajstić information content (AvgIpc) is 2.47. The largest absolute Gasteiger partial charge is 0.298 e. The number of benzene rings is 1. The van der Waals surface area contributed by atoms with Gasteiger partial charge in [0.05, 0.1) is 10.9 Å². The number of carbonyl (C=O) groups is 1. The van der Waals surface area contributed by atoms with Gasteiger partial charge < -0.3 is 0 Å². The molecule has 0 saturated heterocycles. The van der Waals surface area contributed by atoms with Crippen molar-refractivity contribution in [2.24, 2.45) is 0 Å². The second kappa shape index (κ2) is 9.33. The Morgan fingerprint density at radius 1 is 1.04 bits per heavy atom. The first-order valence-electron chi connectivity index (χ1n) is 8.85. The van der Waals surface area contributed by atoms with Gasteiger partial charge in [-0.15, -0.1) is 0 Å². The highest BCUT2D eigenvalue weighted by Crippen LogP contribution is 2.22. The normalized spacial score (nSPS) is 13.0. The molecule has 136 valence electrons. The number of carbonyl (C=O) groups excluding carboxylic acids is 1. The maximum atomic E-state index is 12.9. The van der Waals surface area contributed by atoms with Gasteiger partial charge >= 0.3 is 0 Å². The fourth-order valence-corrected chi connectivity index (χ4v) is 4.76. The van der Waals surface area contributed by atoms with Crippen molar-refractivity contribution in [3.05, 3.63) is 28.8 Å². The van der Waals surface area contributed by atoms with E-state index in [1.54, 1.807) is 13.8 Å². The molecule has 1 N–H and O–H groups in total. The summed E-state index contributed by atoms with van der Waals surface area (Å²) < 4.78 is 28.4. The summed E-state index contributed by atoms with van der Waals surface area (Å²) in [6.07, 6.45) is 4.47. The number of Topliss-reactive ketones (excluding diaryl/α,β-unsaturated/α-hetero) is 1. The maximum absolute atomic E-state index is 12.9. The molecule has 1 aromatic carbocycles. The standard InChI is InChI=1S/C19H31NO3S/c1-6-8-10-17(18(21)11-9-7-2)20-24(22,23)19-15(4)12-14(3)13-16(19)5/h12-13,17,20H,6-11H2,1-5H3/t17-/m0/s1. The molecule has 0 fully saturated rings. The van der Waals surface area contributed by atoms with Crippen LogP contribution in [0.15, 0.2) is 17.0 Å². The molecule has 24 heavy (non-hydrogen) atoms. The quantitative estimate of drug-likeness (QED) is 0.685. The molecule has 0 aromatic heterocycles. The van der Waals surface area contributed by atoms with Crippen LogP contribution in [0.5, 0.6) is 0 Å². The second-order valence-electron chi connectivity index (χ2n) is 6.61. The van der Waals surface area contributed by atoms with Crippen LogP contribution in [-0.2, 0) is 14.8 Å². The molecule has 0 unspecified atom stereocenters. The predicted molar refractivity (Wildman–Crippen MR) is 98.8 cm³/mol. The van der Waals surface area contributed by atoms with Crippen LogP contribution in [0.1, 0.15) is 69.1 Å². The van der Waals surface area contributed by atoms with Gasteiger partial charge in [-0.3, -0.25) is 4.79 Å². The summed E-state index contributed by atoms with van der Waals surface area (Å²) in [5.74, 6) is -0.00343. The molecule has 0 aliphatic rings. The van der Waals surface area contributed by atoms with Crippen LogP contribution in [0.3, 0.4) is 0 Å². The van der Waals surface area contributed by atoms with E-state index in [-0.39, 0.29) is 5.78 Å². The van der Waals surface area contributed by atoms with E-state index in [1.165, 1.54) is 0 Å². The lowest BCUT2D eigenvalue weighted by Crippen LogP contribution is -2.41. The Kier molecular flexibility index (Phi) is 8.10. The zero-order valence-corrected chi connectivity index (χ0v) is 16.4. The topological polar surface area (TPSA) is 63.2 Å². The fraction of sp³-hybridized carbons (Fsp3) is 0.632. The van der Waals surface area contributed by atoms with E-state index in [9.17, 15) is 13.2 Å². The number of rotatable bonds is 10. The molecule has 0 spiro atoms. The van der Waals surface area contributed by atoms with Crippen LogP contribution in [-0.4, -0.2) is 20.2 Å². The second-order valence-corrected chi connectivity index (χ2v) is 8.26. The monoisotopic (exact) mass is 353 g/mol. The zero-order chi connectivity index (χ0) is 18.3. The van der Waals surface area contributed by atoms with Gasteiger partial charge in [-0.1, -0.05) is 50.8 Å². The summed E-state index contributed by atoms with van der Waals surface area (Å²) in [7, 11) is -3.71. The van der Waals surface area contributed by atoms with Gasteiger partial charge in [-0.2, -0.15) is 0 Å². The molecular formula is C19H31NO3S. The van der Waals surface area contributed by atoms with Gasteiger partial charge in [0.25, 0.3) is 0 Å². The minimum Gasteiger partial charge on any atom is -0.298 e. The molecule has 0 saturated carbocycles. The molecule has 0 heterocycles. The maximum Gasteiger partial charge on any atom is 0.241 e. The van der Waals surface area contributed by atoms with Gasteiger partial charge in [-0.05, 0) is 44.7 Å². The third-order valence-corrected chi connectivity index (χ3v) is 5.96. The van der Waals surface area contributed by atoms with E-state index in [1.807, 2.05) is 32.9 Å². The minimum atomic E-state index is -3.71. The summed E-state index contributed by atoms with van der Waals surface area (Å²) in [4.78, 5) is 12.7. The summed E-state index contributed by atoms with van der Waals surface area (Å²) in [6.45, 7) is 9.61.